The molecule has 1 fully saturated rings. The number of benzene rings is 2. The first-order valence-electron chi connectivity index (χ1n) is 8.84. The van der Waals surface area contributed by atoms with E-state index in [0.29, 0.717) is 23.1 Å². The summed E-state index contributed by atoms with van der Waals surface area (Å²) in [5.41, 5.74) is 0.469. The predicted molar refractivity (Wildman–Crippen MR) is 113 cm³/mol. The molecule has 10 heteroatoms. The summed E-state index contributed by atoms with van der Waals surface area (Å²) < 4.78 is 23.5. The van der Waals surface area contributed by atoms with Crippen LogP contribution in [0.15, 0.2) is 46.3 Å². The lowest BCUT2D eigenvalue weighted by molar-refractivity contribution is -0.385. The minimum absolute atomic E-state index is 0.201. The Labute approximate surface area is 176 Å². The molecule has 2 aromatic rings. The Hall–Kier alpha value is -3.40. The smallest absolute Gasteiger partial charge is 0.280 e. The zero-order valence-corrected chi connectivity index (χ0v) is 17.2. The number of amidine groups is 1. The molecule has 1 aliphatic heterocycles. The van der Waals surface area contributed by atoms with Gasteiger partial charge in [0, 0.05) is 6.54 Å². The molecular formula is C20H18FN3O5S. The van der Waals surface area contributed by atoms with Gasteiger partial charge in [-0.2, -0.15) is 0 Å². The fraction of sp³-hybridized carbons (Fsp3) is 0.200. The Morgan fingerprint density at radius 2 is 1.83 bits per heavy atom. The molecule has 1 aliphatic rings. The second kappa shape index (κ2) is 8.95. The van der Waals surface area contributed by atoms with Crippen molar-refractivity contribution in [3.8, 4) is 11.5 Å². The van der Waals surface area contributed by atoms with Gasteiger partial charge in [0.15, 0.2) is 16.7 Å². The first kappa shape index (κ1) is 21.3. The van der Waals surface area contributed by atoms with Gasteiger partial charge in [-0.3, -0.25) is 19.8 Å². The molecule has 2 aromatic carbocycles. The number of amides is 1. The molecule has 0 unspecified atom stereocenters. The molecule has 0 aliphatic carbocycles. The van der Waals surface area contributed by atoms with Crippen molar-refractivity contribution in [1.82, 2.24) is 4.90 Å². The number of carbonyl (C=O) groups is 1. The zero-order chi connectivity index (χ0) is 21.8. The number of nitro groups is 1. The standard InChI is InChI=1S/C20H18FN3O5S/c1-4-23-19(25)18(30-20(23)22-14-7-5-13(21)6-8-14)10-12-9-16(28-2)17(29-3)11-15(12)24(26)27/h5-11H,4H2,1-3H3/b18-10+,22-20?. The van der Waals surface area contributed by atoms with Crippen LogP contribution in [0.1, 0.15) is 12.5 Å². The average Bonchev–Trinajstić information content (AvgIpc) is 3.03. The third-order valence-electron chi connectivity index (χ3n) is 4.27. The molecule has 1 amide bonds. The number of rotatable bonds is 6. The van der Waals surface area contributed by atoms with Gasteiger partial charge in [0.25, 0.3) is 11.6 Å². The third kappa shape index (κ3) is 4.28. The molecule has 156 valence electrons. The van der Waals surface area contributed by atoms with Gasteiger partial charge in [0.05, 0.1) is 41.4 Å². The van der Waals surface area contributed by atoms with Crippen LogP contribution in [0.5, 0.6) is 11.5 Å². The van der Waals surface area contributed by atoms with E-state index in [9.17, 15) is 19.3 Å². The van der Waals surface area contributed by atoms with Crippen LogP contribution in [0.2, 0.25) is 0 Å². The lowest BCUT2D eigenvalue weighted by atomic mass is 10.1. The van der Waals surface area contributed by atoms with Crippen molar-refractivity contribution < 1.29 is 23.6 Å². The van der Waals surface area contributed by atoms with Crippen molar-refractivity contribution in [3.63, 3.8) is 0 Å². The van der Waals surface area contributed by atoms with Gasteiger partial charge in [-0.15, -0.1) is 0 Å². The monoisotopic (exact) mass is 431 g/mol. The third-order valence-corrected chi connectivity index (χ3v) is 5.28. The average molecular weight is 431 g/mol. The van der Waals surface area contributed by atoms with E-state index in [-0.39, 0.29) is 33.6 Å². The van der Waals surface area contributed by atoms with Crippen LogP contribution >= 0.6 is 11.8 Å². The molecule has 0 atom stereocenters. The summed E-state index contributed by atoms with van der Waals surface area (Å²) >= 11 is 1.09. The number of nitro benzene ring substituents is 1. The lowest BCUT2D eigenvalue weighted by Crippen LogP contribution is -2.28. The van der Waals surface area contributed by atoms with Crippen LogP contribution in [0.3, 0.4) is 0 Å². The minimum atomic E-state index is -0.552. The van der Waals surface area contributed by atoms with Crippen molar-refractivity contribution in [2.24, 2.45) is 4.99 Å². The van der Waals surface area contributed by atoms with E-state index in [2.05, 4.69) is 4.99 Å². The Bertz CT molecular complexity index is 1050. The summed E-state index contributed by atoms with van der Waals surface area (Å²) in [6.45, 7) is 2.15. The largest absolute Gasteiger partial charge is 0.493 e. The van der Waals surface area contributed by atoms with Crippen LogP contribution in [-0.4, -0.2) is 41.7 Å². The predicted octanol–water partition coefficient (Wildman–Crippen LogP) is 4.38. The van der Waals surface area contributed by atoms with E-state index in [1.807, 2.05) is 0 Å². The highest BCUT2D eigenvalue weighted by Crippen LogP contribution is 2.39. The van der Waals surface area contributed by atoms with Crippen molar-refractivity contribution in [1.29, 1.82) is 0 Å². The van der Waals surface area contributed by atoms with Gasteiger partial charge in [-0.1, -0.05) is 0 Å². The van der Waals surface area contributed by atoms with Crippen LogP contribution in [-0.2, 0) is 4.79 Å². The molecule has 0 spiro atoms. The molecular weight excluding hydrogens is 413 g/mol. The van der Waals surface area contributed by atoms with E-state index in [1.54, 1.807) is 6.92 Å². The van der Waals surface area contributed by atoms with E-state index in [1.165, 1.54) is 61.6 Å². The second-order valence-electron chi connectivity index (χ2n) is 6.05. The number of methoxy groups -OCH3 is 2. The van der Waals surface area contributed by atoms with Crippen molar-refractivity contribution >= 4 is 40.3 Å². The molecule has 1 heterocycles. The van der Waals surface area contributed by atoms with Gasteiger partial charge in [0.2, 0.25) is 0 Å². The number of nitrogens with zero attached hydrogens (tertiary/aromatic N) is 3. The Morgan fingerprint density at radius 3 is 2.40 bits per heavy atom. The number of likely N-dealkylation sites (N-methyl/N-ethyl adjacent to an activating group) is 1. The number of aliphatic imine (C=N–C) groups is 1. The summed E-state index contributed by atoms with van der Waals surface area (Å²) in [7, 11) is 2.80. The molecule has 0 aromatic heterocycles. The quantitative estimate of drug-likeness (QED) is 0.383. The minimum Gasteiger partial charge on any atom is -0.493 e. The van der Waals surface area contributed by atoms with E-state index in [0.717, 1.165) is 11.8 Å². The highest BCUT2D eigenvalue weighted by atomic mass is 32.2. The highest BCUT2D eigenvalue weighted by molar-refractivity contribution is 8.18. The first-order chi connectivity index (χ1) is 14.4. The van der Waals surface area contributed by atoms with E-state index in [4.69, 9.17) is 9.47 Å². The molecule has 30 heavy (non-hydrogen) atoms. The zero-order valence-electron chi connectivity index (χ0n) is 16.4. The van der Waals surface area contributed by atoms with Crippen molar-refractivity contribution in [2.45, 2.75) is 6.92 Å². The molecule has 0 N–H and O–H groups in total. The van der Waals surface area contributed by atoms with Crippen LogP contribution in [0.25, 0.3) is 6.08 Å². The number of hydrogen-bond donors (Lipinski definition) is 0. The molecule has 3 rings (SSSR count). The maximum atomic E-state index is 13.1. The van der Waals surface area contributed by atoms with Crippen molar-refractivity contribution in [3.05, 3.63) is 62.8 Å². The first-order valence-corrected chi connectivity index (χ1v) is 9.65. The van der Waals surface area contributed by atoms with E-state index < -0.39 is 4.92 Å². The highest BCUT2D eigenvalue weighted by Gasteiger charge is 2.33. The fourth-order valence-electron chi connectivity index (χ4n) is 2.80. The summed E-state index contributed by atoms with van der Waals surface area (Å²) in [5, 5.41) is 11.9. The SMILES string of the molecule is CCN1C(=O)/C(=C\c2cc(OC)c(OC)cc2[N+](=O)[O-])SC1=Nc1ccc(F)cc1. The van der Waals surface area contributed by atoms with Crippen molar-refractivity contribution in [2.75, 3.05) is 20.8 Å². The molecule has 8 nitrogen and oxygen atoms in total. The van der Waals surface area contributed by atoms with E-state index >= 15 is 0 Å². The maximum Gasteiger partial charge on any atom is 0.280 e. The Morgan fingerprint density at radius 1 is 1.20 bits per heavy atom. The van der Waals surface area contributed by atoms with Crippen LogP contribution in [0, 0.1) is 15.9 Å². The number of carbonyl (C=O) groups excluding carboxylic acids is 1. The molecule has 0 radical (unpaired) electrons. The Kier molecular flexibility index (Phi) is 6.36. The van der Waals surface area contributed by atoms with Gasteiger partial charge in [0.1, 0.15) is 5.82 Å². The summed E-state index contributed by atoms with van der Waals surface area (Å²) in [5.74, 6) is -0.196. The summed E-state index contributed by atoms with van der Waals surface area (Å²) in [6, 6.07) is 8.26. The summed E-state index contributed by atoms with van der Waals surface area (Å²) in [6.07, 6.45) is 1.43. The topological polar surface area (TPSA) is 94.3 Å². The normalized spacial score (nSPS) is 16.4. The van der Waals surface area contributed by atoms with Crippen LogP contribution < -0.4 is 9.47 Å². The molecule has 0 bridgehead atoms. The number of hydrogen-bond acceptors (Lipinski definition) is 7. The number of halogens is 1. The van der Waals surface area contributed by atoms with Gasteiger partial charge < -0.3 is 9.47 Å². The van der Waals surface area contributed by atoms with Gasteiger partial charge >= 0.3 is 0 Å². The second-order valence-corrected chi connectivity index (χ2v) is 7.06. The molecule has 0 saturated carbocycles. The number of thioether (sulfide) groups is 1. The lowest BCUT2D eigenvalue weighted by Gasteiger charge is -2.12. The number of ether oxygens (including phenoxy) is 2. The van der Waals surface area contributed by atoms with Gasteiger partial charge in [-0.05, 0) is 55.1 Å². The maximum absolute atomic E-state index is 13.1. The molecule has 1 saturated heterocycles. The Balaban J connectivity index is 2.04. The van der Waals surface area contributed by atoms with Crippen LogP contribution in [0.4, 0.5) is 15.8 Å². The van der Waals surface area contributed by atoms with Gasteiger partial charge in [-0.25, -0.2) is 9.38 Å². The fourth-order valence-corrected chi connectivity index (χ4v) is 3.85. The summed E-state index contributed by atoms with van der Waals surface area (Å²) in [4.78, 5) is 29.9.